The quantitative estimate of drug-likeness (QED) is 0.117. The van der Waals surface area contributed by atoms with Crippen LogP contribution in [0.4, 0.5) is 5.69 Å². The van der Waals surface area contributed by atoms with Crippen molar-refractivity contribution in [2.24, 2.45) is 0 Å². The van der Waals surface area contributed by atoms with E-state index in [-0.39, 0.29) is 67.4 Å². The smallest absolute Gasteiger partial charge is 0.335 e. The molecule has 2 amide bonds. The van der Waals surface area contributed by atoms with Crippen LogP contribution in [0.1, 0.15) is 84.0 Å². The molecule has 0 atom stereocenters. The Labute approximate surface area is 310 Å². The van der Waals surface area contributed by atoms with Crippen molar-refractivity contribution >= 4 is 65.2 Å². The van der Waals surface area contributed by atoms with Crippen LogP contribution >= 0.6 is 24.8 Å². The van der Waals surface area contributed by atoms with Crippen LogP contribution in [0, 0.1) is 12.3 Å². The molecular formula is C38H46Cl2N6O5. The lowest BCUT2D eigenvalue weighted by Gasteiger charge is -2.33. The number of aromatic nitrogens is 2. The van der Waals surface area contributed by atoms with Gasteiger partial charge in [0.05, 0.1) is 29.0 Å². The number of amides is 2. The van der Waals surface area contributed by atoms with Gasteiger partial charge in [-0.05, 0) is 92.9 Å². The first kappa shape index (κ1) is 39.2. The third-order valence-corrected chi connectivity index (χ3v) is 9.55. The van der Waals surface area contributed by atoms with Crippen molar-refractivity contribution in [1.29, 1.82) is 5.41 Å². The number of nitrogens with zero attached hydrogens (tertiary/aromatic N) is 4. The van der Waals surface area contributed by atoms with Gasteiger partial charge in [-0.2, -0.15) is 0 Å². The molecule has 0 spiro atoms. The number of carbonyl (C=O) groups is 3. The Morgan fingerprint density at radius 3 is 2.20 bits per heavy atom. The van der Waals surface area contributed by atoms with E-state index in [1.165, 1.54) is 30.7 Å². The highest BCUT2D eigenvalue weighted by molar-refractivity contribution is 6.06. The van der Waals surface area contributed by atoms with Gasteiger partial charge in [-0.25, -0.2) is 9.78 Å². The number of imidazole rings is 1. The Morgan fingerprint density at radius 1 is 0.922 bits per heavy atom. The molecule has 2 heterocycles. The summed E-state index contributed by atoms with van der Waals surface area (Å²) in [6, 6.07) is 19.3. The van der Waals surface area contributed by atoms with Crippen molar-refractivity contribution in [1.82, 2.24) is 19.8 Å². The zero-order valence-electron chi connectivity index (χ0n) is 29.0. The summed E-state index contributed by atoms with van der Waals surface area (Å²) in [6.45, 7) is 5.50. The van der Waals surface area contributed by atoms with Crippen LogP contribution < -0.4 is 15.0 Å². The molecule has 0 bridgehead atoms. The molecule has 1 saturated heterocycles. The predicted molar refractivity (Wildman–Crippen MR) is 203 cm³/mol. The summed E-state index contributed by atoms with van der Waals surface area (Å²) in [6.07, 6.45) is 7.06. The van der Waals surface area contributed by atoms with Gasteiger partial charge < -0.3 is 29.5 Å². The van der Waals surface area contributed by atoms with Crippen LogP contribution in [-0.2, 0) is 17.9 Å². The number of carboxylic acid groups (broad SMARTS) is 1. The van der Waals surface area contributed by atoms with Crippen LogP contribution in [0.25, 0.3) is 11.0 Å². The largest absolute Gasteiger partial charge is 0.490 e. The summed E-state index contributed by atoms with van der Waals surface area (Å²) in [7, 11) is 0. The molecule has 3 aromatic carbocycles. The topological polar surface area (TPSA) is 141 Å². The Kier molecular flexibility index (Phi) is 13.5. The lowest BCUT2D eigenvalue weighted by Crippen LogP contribution is -2.40. The standard InChI is InChI=1S/C38H44N6O5.2ClH/c1-25-8-17-34-33(22-25)41-35(44(34)24-36(45)40-29-6-4-3-5-7-29)23-43(37(46)27-9-11-28(12-10-27)38(47)48)30-13-15-31(16-14-30)49-32-18-20-42(21-19-32)26(2)39;;/h8-17,22,29,32,39H,3-7,18-21,23-24H2,1-2H3,(H,40,45)(H,47,48);2*1H. The second kappa shape index (κ2) is 17.5. The van der Waals surface area contributed by atoms with E-state index in [1.807, 2.05) is 58.9 Å². The molecule has 0 radical (unpaired) electrons. The van der Waals surface area contributed by atoms with E-state index in [9.17, 15) is 19.5 Å². The molecule has 1 aliphatic heterocycles. The van der Waals surface area contributed by atoms with E-state index in [4.69, 9.17) is 15.1 Å². The highest BCUT2D eigenvalue weighted by Crippen LogP contribution is 2.28. The zero-order valence-corrected chi connectivity index (χ0v) is 30.6. The van der Waals surface area contributed by atoms with Gasteiger partial charge in [0.15, 0.2) is 0 Å². The molecule has 4 aromatic rings. The minimum absolute atomic E-state index is 0. The van der Waals surface area contributed by atoms with E-state index in [1.54, 1.807) is 11.8 Å². The number of benzene rings is 3. The lowest BCUT2D eigenvalue weighted by atomic mass is 9.95. The fraction of sp³-hybridized carbons (Fsp3) is 0.395. The van der Waals surface area contributed by atoms with Gasteiger partial charge in [0.1, 0.15) is 24.2 Å². The Balaban J connectivity index is 0.00000292. The number of hydrogen-bond donors (Lipinski definition) is 3. The van der Waals surface area contributed by atoms with Crippen LogP contribution in [-0.4, -0.2) is 68.4 Å². The summed E-state index contributed by atoms with van der Waals surface area (Å²) in [5.41, 5.74) is 3.61. The summed E-state index contributed by atoms with van der Waals surface area (Å²) in [5.74, 6) is 0.330. The van der Waals surface area contributed by atoms with Crippen molar-refractivity contribution < 1.29 is 24.2 Å². The van der Waals surface area contributed by atoms with Crippen LogP contribution in [0.2, 0.25) is 0 Å². The summed E-state index contributed by atoms with van der Waals surface area (Å²) in [4.78, 5) is 47.7. The third-order valence-electron chi connectivity index (χ3n) is 9.55. The van der Waals surface area contributed by atoms with Gasteiger partial charge in [0.25, 0.3) is 5.91 Å². The number of anilines is 1. The number of amidine groups is 1. The Bertz CT molecular complexity index is 1830. The predicted octanol–water partition coefficient (Wildman–Crippen LogP) is 7.02. The minimum atomic E-state index is -1.07. The van der Waals surface area contributed by atoms with Gasteiger partial charge in [-0.1, -0.05) is 25.3 Å². The molecule has 272 valence electrons. The number of carboxylic acids is 1. The van der Waals surface area contributed by atoms with Crippen LogP contribution in [0.15, 0.2) is 66.7 Å². The molecule has 11 nitrogen and oxygen atoms in total. The second-order valence-electron chi connectivity index (χ2n) is 13.2. The van der Waals surface area contributed by atoms with Gasteiger partial charge >= 0.3 is 5.97 Å². The number of likely N-dealkylation sites (tertiary alicyclic amines) is 1. The normalized spacial score (nSPS) is 15.0. The lowest BCUT2D eigenvalue weighted by molar-refractivity contribution is -0.122. The number of hydrogen-bond acceptors (Lipinski definition) is 6. The van der Waals surface area contributed by atoms with E-state index in [2.05, 4.69) is 5.32 Å². The molecule has 3 N–H and O–H groups in total. The van der Waals surface area contributed by atoms with Crippen molar-refractivity contribution in [2.45, 2.75) is 84.0 Å². The molecule has 2 aliphatic rings. The number of nitrogens with one attached hydrogen (secondary N) is 2. The third kappa shape index (κ3) is 9.59. The molecule has 1 saturated carbocycles. The number of carbonyl (C=O) groups excluding carboxylic acids is 2. The molecule has 51 heavy (non-hydrogen) atoms. The van der Waals surface area contributed by atoms with Crippen LogP contribution in [0.5, 0.6) is 5.75 Å². The number of piperidine rings is 1. The summed E-state index contributed by atoms with van der Waals surface area (Å²) >= 11 is 0. The molecule has 13 heteroatoms. The molecule has 1 aliphatic carbocycles. The van der Waals surface area contributed by atoms with Gasteiger partial charge in [0, 0.05) is 43.2 Å². The molecule has 0 unspecified atom stereocenters. The minimum Gasteiger partial charge on any atom is -0.490 e. The van der Waals surface area contributed by atoms with Crippen molar-refractivity contribution in [3.05, 3.63) is 89.2 Å². The van der Waals surface area contributed by atoms with E-state index >= 15 is 0 Å². The molecule has 2 fully saturated rings. The SMILES string of the molecule is CC(=N)N1CCC(Oc2ccc(N(Cc3nc4cc(C)ccc4n3CC(=O)NC3CCCCC3)C(=O)c3ccc(C(=O)O)cc3)cc2)CC1.Cl.Cl. The summed E-state index contributed by atoms with van der Waals surface area (Å²) < 4.78 is 8.17. The number of halogens is 2. The van der Waals surface area contributed by atoms with Crippen molar-refractivity contribution in [2.75, 3.05) is 18.0 Å². The van der Waals surface area contributed by atoms with E-state index in [0.717, 1.165) is 68.2 Å². The van der Waals surface area contributed by atoms with Crippen LogP contribution in [0.3, 0.4) is 0 Å². The number of rotatable bonds is 10. The number of aryl methyl sites for hydroxylation is 1. The van der Waals surface area contributed by atoms with Crippen molar-refractivity contribution in [3.8, 4) is 5.75 Å². The fourth-order valence-electron chi connectivity index (χ4n) is 6.79. The molecule has 6 rings (SSSR count). The highest BCUT2D eigenvalue weighted by Gasteiger charge is 2.25. The fourth-order valence-corrected chi connectivity index (χ4v) is 6.79. The number of aromatic carboxylic acids is 1. The Morgan fingerprint density at radius 2 is 1.57 bits per heavy atom. The number of ether oxygens (including phenoxy) is 1. The second-order valence-corrected chi connectivity index (χ2v) is 13.2. The first-order chi connectivity index (χ1) is 23.6. The van der Waals surface area contributed by atoms with Gasteiger partial charge in [-0.3, -0.25) is 15.0 Å². The average molecular weight is 738 g/mol. The Hall–Kier alpha value is -4.61. The maximum absolute atomic E-state index is 14.2. The van der Waals surface area contributed by atoms with Gasteiger partial charge in [-0.15, -0.1) is 24.8 Å². The monoisotopic (exact) mass is 736 g/mol. The first-order valence-corrected chi connectivity index (χ1v) is 17.1. The van der Waals surface area contributed by atoms with E-state index in [0.29, 0.717) is 28.7 Å². The highest BCUT2D eigenvalue weighted by atomic mass is 35.5. The molecular weight excluding hydrogens is 691 g/mol. The zero-order chi connectivity index (χ0) is 34.5. The maximum Gasteiger partial charge on any atom is 0.335 e. The first-order valence-electron chi connectivity index (χ1n) is 17.1. The van der Waals surface area contributed by atoms with Crippen molar-refractivity contribution in [3.63, 3.8) is 0 Å². The summed E-state index contributed by atoms with van der Waals surface area (Å²) in [5, 5.41) is 20.5. The average Bonchev–Trinajstić information content (AvgIpc) is 3.43. The number of fused-ring (bicyclic) bond motifs is 1. The van der Waals surface area contributed by atoms with E-state index < -0.39 is 5.97 Å². The maximum atomic E-state index is 14.2. The molecule has 1 aromatic heterocycles. The van der Waals surface area contributed by atoms with Gasteiger partial charge in [0.2, 0.25) is 5.91 Å².